The van der Waals surface area contributed by atoms with E-state index in [1.165, 1.54) is 5.56 Å². The molecule has 1 aromatic heterocycles. The van der Waals surface area contributed by atoms with E-state index in [-0.39, 0.29) is 11.5 Å². The minimum atomic E-state index is 0.252. The summed E-state index contributed by atoms with van der Waals surface area (Å²) in [5.74, 6) is 0. The van der Waals surface area contributed by atoms with Crippen molar-refractivity contribution in [2.24, 2.45) is 11.1 Å². The summed E-state index contributed by atoms with van der Waals surface area (Å²) in [6.45, 7) is 10.4. The predicted molar refractivity (Wildman–Crippen MR) is 72.9 cm³/mol. The molecule has 0 aliphatic carbocycles. The molecule has 0 bridgehead atoms. The second-order valence-electron chi connectivity index (χ2n) is 5.96. The molecule has 3 heteroatoms. The molecule has 0 saturated carbocycles. The number of aromatic nitrogens is 1. The van der Waals surface area contributed by atoms with E-state index in [0.29, 0.717) is 6.54 Å². The minimum absolute atomic E-state index is 0.252. The maximum atomic E-state index is 5.89. The SMILES string of the molecule is Cc1ccc(C(CN)N(C)CC(C)(C)C)cn1. The van der Waals surface area contributed by atoms with Crippen molar-refractivity contribution in [3.05, 3.63) is 29.6 Å². The molecule has 1 heterocycles. The average Bonchev–Trinajstić information content (AvgIpc) is 2.19. The maximum Gasteiger partial charge on any atom is 0.0482 e. The van der Waals surface area contributed by atoms with E-state index in [1.807, 2.05) is 19.2 Å². The van der Waals surface area contributed by atoms with Crippen LogP contribution in [0.25, 0.3) is 0 Å². The zero-order valence-electron chi connectivity index (χ0n) is 11.7. The summed E-state index contributed by atoms with van der Waals surface area (Å²) in [6, 6.07) is 4.42. The second kappa shape index (κ2) is 5.61. The quantitative estimate of drug-likeness (QED) is 0.871. The van der Waals surface area contributed by atoms with Gasteiger partial charge in [-0.05, 0) is 31.0 Å². The first kappa shape index (κ1) is 14.1. The lowest BCUT2D eigenvalue weighted by Crippen LogP contribution is -2.36. The fourth-order valence-corrected chi connectivity index (χ4v) is 2.11. The van der Waals surface area contributed by atoms with Gasteiger partial charge in [-0.25, -0.2) is 0 Å². The molecule has 1 unspecified atom stereocenters. The zero-order chi connectivity index (χ0) is 13.1. The van der Waals surface area contributed by atoms with Gasteiger partial charge in [-0.15, -0.1) is 0 Å². The van der Waals surface area contributed by atoms with Crippen molar-refractivity contribution in [1.82, 2.24) is 9.88 Å². The van der Waals surface area contributed by atoms with Gasteiger partial charge in [-0.3, -0.25) is 9.88 Å². The molecule has 17 heavy (non-hydrogen) atoms. The summed E-state index contributed by atoms with van der Waals surface area (Å²) in [4.78, 5) is 6.66. The Kier molecular flexibility index (Phi) is 4.66. The van der Waals surface area contributed by atoms with E-state index in [0.717, 1.165) is 12.2 Å². The number of likely N-dealkylation sites (N-methyl/N-ethyl adjacent to an activating group) is 1. The topological polar surface area (TPSA) is 42.1 Å². The number of hydrogen-bond donors (Lipinski definition) is 1. The van der Waals surface area contributed by atoms with Gasteiger partial charge in [0, 0.05) is 31.0 Å². The summed E-state index contributed by atoms with van der Waals surface area (Å²) < 4.78 is 0. The van der Waals surface area contributed by atoms with Gasteiger partial charge in [0.2, 0.25) is 0 Å². The number of pyridine rings is 1. The Bertz CT molecular complexity index is 337. The van der Waals surface area contributed by atoms with Gasteiger partial charge in [0.1, 0.15) is 0 Å². The highest BCUT2D eigenvalue weighted by Gasteiger charge is 2.21. The molecule has 0 spiro atoms. The van der Waals surface area contributed by atoms with Crippen LogP contribution < -0.4 is 5.73 Å². The van der Waals surface area contributed by atoms with Gasteiger partial charge in [-0.1, -0.05) is 26.8 Å². The van der Waals surface area contributed by atoms with Gasteiger partial charge in [-0.2, -0.15) is 0 Å². The number of aryl methyl sites for hydroxylation is 1. The van der Waals surface area contributed by atoms with Gasteiger partial charge in [0.05, 0.1) is 0 Å². The summed E-state index contributed by atoms with van der Waals surface area (Å²) in [7, 11) is 2.13. The van der Waals surface area contributed by atoms with Crippen molar-refractivity contribution in [1.29, 1.82) is 0 Å². The fraction of sp³-hybridized carbons (Fsp3) is 0.643. The minimum Gasteiger partial charge on any atom is -0.329 e. The Labute approximate surface area is 105 Å². The Hall–Kier alpha value is -0.930. The fourth-order valence-electron chi connectivity index (χ4n) is 2.11. The zero-order valence-corrected chi connectivity index (χ0v) is 11.7. The lowest BCUT2D eigenvalue weighted by Gasteiger charge is -2.32. The first-order chi connectivity index (χ1) is 7.83. The smallest absolute Gasteiger partial charge is 0.0482 e. The number of nitrogens with two attached hydrogens (primary N) is 1. The summed E-state index contributed by atoms with van der Waals surface area (Å²) in [5.41, 5.74) is 8.41. The molecule has 1 aromatic rings. The Morgan fingerprint density at radius 2 is 2.00 bits per heavy atom. The summed E-state index contributed by atoms with van der Waals surface area (Å²) in [5, 5.41) is 0. The molecule has 0 amide bonds. The first-order valence-corrected chi connectivity index (χ1v) is 6.16. The van der Waals surface area contributed by atoms with E-state index in [4.69, 9.17) is 5.73 Å². The van der Waals surface area contributed by atoms with Crippen LogP contribution in [0, 0.1) is 12.3 Å². The third-order valence-corrected chi connectivity index (χ3v) is 2.80. The Morgan fingerprint density at radius 1 is 1.35 bits per heavy atom. The molecule has 0 saturated heterocycles. The first-order valence-electron chi connectivity index (χ1n) is 6.16. The predicted octanol–water partition coefficient (Wildman–Crippen LogP) is 2.37. The standard InChI is InChI=1S/C14H25N3/c1-11-6-7-12(9-16-11)13(8-15)17(5)10-14(2,3)4/h6-7,9,13H,8,10,15H2,1-5H3. The molecule has 2 N–H and O–H groups in total. The van der Waals surface area contributed by atoms with E-state index >= 15 is 0 Å². The van der Waals surface area contributed by atoms with Crippen LogP contribution in [0.3, 0.4) is 0 Å². The van der Waals surface area contributed by atoms with Crippen LogP contribution in [0.1, 0.15) is 38.1 Å². The molecule has 1 rings (SSSR count). The maximum absolute atomic E-state index is 5.89. The lowest BCUT2D eigenvalue weighted by molar-refractivity contribution is 0.175. The van der Waals surface area contributed by atoms with Crippen molar-refractivity contribution < 1.29 is 0 Å². The molecule has 0 aromatic carbocycles. The molecular formula is C14H25N3. The number of nitrogens with zero attached hydrogens (tertiary/aromatic N) is 2. The van der Waals surface area contributed by atoms with E-state index < -0.39 is 0 Å². The van der Waals surface area contributed by atoms with Gasteiger partial charge >= 0.3 is 0 Å². The summed E-state index contributed by atoms with van der Waals surface area (Å²) in [6.07, 6.45) is 1.94. The highest BCUT2D eigenvalue weighted by atomic mass is 15.1. The number of hydrogen-bond acceptors (Lipinski definition) is 3. The third-order valence-electron chi connectivity index (χ3n) is 2.80. The highest BCUT2D eigenvalue weighted by Crippen LogP contribution is 2.23. The van der Waals surface area contributed by atoms with Crippen LogP contribution in [0.4, 0.5) is 0 Å². The average molecular weight is 235 g/mol. The van der Waals surface area contributed by atoms with Crippen LogP contribution in [0.15, 0.2) is 18.3 Å². The monoisotopic (exact) mass is 235 g/mol. The van der Waals surface area contributed by atoms with Crippen LogP contribution in [0.5, 0.6) is 0 Å². The van der Waals surface area contributed by atoms with Crippen LogP contribution >= 0.6 is 0 Å². The lowest BCUT2D eigenvalue weighted by atomic mass is 9.94. The molecule has 1 atom stereocenters. The third kappa shape index (κ3) is 4.44. The Morgan fingerprint density at radius 3 is 2.41 bits per heavy atom. The van der Waals surface area contributed by atoms with Crippen LogP contribution in [-0.4, -0.2) is 30.0 Å². The van der Waals surface area contributed by atoms with Crippen LogP contribution in [-0.2, 0) is 0 Å². The highest BCUT2D eigenvalue weighted by molar-refractivity contribution is 5.17. The van der Waals surface area contributed by atoms with Crippen molar-refractivity contribution in [2.75, 3.05) is 20.1 Å². The van der Waals surface area contributed by atoms with E-state index in [1.54, 1.807) is 0 Å². The molecule has 0 fully saturated rings. The molecular weight excluding hydrogens is 210 g/mol. The van der Waals surface area contributed by atoms with Crippen molar-refractivity contribution >= 4 is 0 Å². The van der Waals surface area contributed by atoms with Crippen molar-refractivity contribution in [3.63, 3.8) is 0 Å². The van der Waals surface area contributed by atoms with E-state index in [2.05, 4.69) is 43.8 Å². The van der Waals surface area contributed by atoms with Gasteiger partial charge < -0.3 is 5.73 Å². The largest absolute Gasteiger partial charge is 0.329 e. The van der Waals surface area contributed by atoms with Crippen molar-refractivity contribution in [2.45, 2.75) is 33.7 Å². The van der Waals surface area contributed by atoms with Gasteiger partial charge in [0.25, 0.3) is 0 Å². The van der Waals surface area contributed by atoms with Gasteiger partial charge in [0.15, 0.2) is 0 Å². The normalized spacial score (nSPS) is 14.1. The second-order valence-corrected chi connectivity index (χ2v) is 5.96. The Balaban J connectivity index is 2.80. The molecule has 0 aliphatic heterocycles. The van der Waals surface area contributed by atoms with E-state index in [9.17, 15) is 0 Å². The van der Waals surface area contributed by atoms with Crippen LogP contribution in [0.2, 0.25) is 0 Å². The van der Waals surface area contributed by atoms with Crippen molar-refractivity contribution in [3.8, 4) is 0 Å². The molecule has 96 valence electrons. The molecule has 0 aliphatic rings. The molecule has 3 nitrogen and oxygen atoms in total. The molecule has 0 radical (unpaired) electrons. The number of rotatable bonds is 4. The summed E-state index contributed by atoms with van der Waals surface area (Å²) >= 11 is 0.